The Hall–Kier alpha value is -0.890. The van der Waals surface area contributed by atoms with E-state index in [0.717, 1.165) is 0 Å². The lowest BCUT2D eigenvalue weighted by Gasteiger charge is -2.36. The van der Waals surface area contributed by atoms with Gasteiger partial charge in [-0.15, -0.1) is 0 Å². The Balaban J connectivity index is 2.88. The molecule has 1 rings (SSSR count). The molecule has 0 radical (unpaired) electrons. The minimum absolute atomic E-state index is 0.217. The van der Waals surface area contributed by atoms with Crippen LogP contribution in [0.2, 0.25) is 0 Å². The van der Waals surface area contributed by atoms with E-state index in [-0.39, 0.29) is 6.54 Å². The average Bonchev–Trinajstić information content (AvgIpc) is 2.84. The highest BCUT2D eigenvalue weighted by atomic mass is 17.1. The maximum absolute atomic E-state index is 11.3. The smallest absolute Gasteiger partial charge is 0.373 e. The predicted molar refractivity (Wildman–Crippen MR) is 72.0 cm³/mol. The largest absolute Gasteiger partial charge is 0.395 e. The van der Waals surface area contributed by atoms with Crippen LogP contribution in [0.3, 0.4) is 0 Å². The quantitative estimate of drug-likeness (QED) is 0.159. The molecule has 1 saturated heterocycles. The van der Waals surface area contributed by atoms with E-state index in [2.05, 4.69) is 4.89 Å². The van der Waals surface area contributed by atoms with Crippen molar-refractivity contribution in [2.45, 2.75) is 36.5 Å². The summed E-state index contributed by atoms with van der Waals surface area (Å²) in [5.41, 5.74) is 0. The van der Waals surface area contributed by atoms with Crippen LogP contribution in [-0.4, -0.2) is 116 Å². The number of rotatable bonds is 9. The van der Waals surface area contributed by atoms with Crippen molar-refractivity contribution in [1.29, 1.82) is 0 Å². The van der Waals surface area contributed by atoms with Crippen LogP contribution in [0.15, 0.2) is 0 Å². The molecule has 1 aliphatic heterocycles. The van der Waals surface area contributed by atoms with Crippen LogP contribution in [0.25, 0.3) is 0 Å². The molecule has 0 spiro atoms. The van der Waals surface area contributed by atoms with E-state index in [9.17, 15) is 35.4 Å². The van der Waals surface area contributed by atoms with Crippen molar-refractivity contribution < 1.29 is 50.3 Å². The summed E-state index contributed by atoms with van der Waals surface area (Å²) in [7, 11) is 0. The number of nitrogens with zero attached hydrogens (tertiary/aromatic N) is 1. The Bertz CT molecular complexity index is 350. The Kier molecular flexibility index (Phi) is 8.25. The van der Waals surface area contributed by atoms with Gasteiger partial charge in [-0.25, -0.2) is 4.79 Å². The molecule has 1 heterocycles. The highest BCUT2D eigenvalue weighted by Crippen LogP contribution is 2.24. The van der Waals surface area contributed by atoms with Crippen LogP contribution in [-0.2, 0) is 14.4 Å². The van der Waals surface area contributed by atoms with Crippen molar-refractivity contribution >= 4 is 5.97 Å². The number of ether oxygens (including phenoxy) is 1. The van der Waals surface area contributed by atoms with E-state index < -0.39 is 68.9 Å². The van der Waals surface area contributed by atoms with Gasteiger partial charge in [0.05, 0.1) is 38.5 Å². The Morgan fingerprint density at radius 3 is 1.87 bits per heavy atom. The van der Waals surface area contributed by atoms with Gasteiger partial charge in [-0.05, 0) is 0 Å². The number of aliphatic hydroxyl groups is 6. The first kappa shape index (κ1) is 20.2. The van der Waals surface area contributed by atoms with Gasteiger partial charge in [0.1, 0.15) is 18.3 Å². The Labute approximate surface area is 131 Å². The molecule has 0 aromatic carbocycles. The van der Waals surface area contributed by atoms with Crippen LogP contribution in [0.5, 0.6) is 0 Å². The fourth-order valence-corrected chi connectivity index (χ4v) is 2.49. The van der Waals surface area contributed by atoms with Gasteiger partial charge in [0.15, 0.2) is 6.10 Å². The first-order valence-electron chi connectivity index (χ1n) is 7.01. The van der Waals surface area contributed by atoms with E-state index in [0.29, 0.717) is 0 Å². The van der Waals surface area contributed by atoms with Crippen molar-refractivity contribution in [3.05, 3.63) is 0 Å². The standard InChI is InChI=1S/C12H23NO10/c14-2-6(3-15)13(7(4-16)5-17)1-8-9(18)10(19)11(22-8)12(20)23-21/h6-11,14-19,21H,1-5H2/t8?,9-,10+,11-/m1/s1. The number of aliphatic hydroxyl groups excluding tert-OH is 6. The molecule has 0 bridgehead atoms. The SMILES string of the molecule is O=C(OO)[C@@H]1OC(CN(C(CO)CO)C(CO)CO)[C@@H](O)[C@@H]1O. The van der Waals surface area contributed by atoms with Gasteiger partial charge in [-0.1, -0.05) is 0 Å². The molecule has 11 heteroatoms. The predicted octanol–water partition coefficient (Wildman–Crippen LogP) is -4.50. The molecule has 4 atom stereocenters. The summed E-state index contributed by atoms with van der Waals surface area (Å²) < 4.78 is 5.14. The summed E-state index contributed by atoms with van der Waals surface area (Å²) in [5, 5.41) is 65.1. The van der Waals surface area contributed by atoms with E-state index >= 15 is 0 Å². The van der Waals surface area contributed by atoms with Crippen LogP contribution < -0.4 is 0 Å². The van der Waals surface area contributed by atoms with E-state index in [1.165, 1.54) is 4.90 Å². The monoisotopic (exact) mass is 341 g/mol. The molecular formula is C12H23NO10. The molecule has 136 valence electrons. The molecule has 1 aliphatic rings. The molecular weight excluding hydrogens is 318 g/mol. The van der Waals surface area contributed by atoms with Gasteiger partial charge < -0.3 is 35.4 Å². The third kappa shape index (κ3) is 4.56. The third-order valence-corrected chi connectivity index (χ3v) is 3.86. The minimum Gasteiger partial charge on any atom is -0.395 e. The molecule has 1 unspecified atom stereocenters. The van der Waals surface area contributed by atoms with Gasteiger partial charge in [0.2, 0.25) is 0 Å². The second-order valence-corrected chi connectivity index (χ2v) is 5.22. The third-order valence-electron chi connectivity index (χ3n) is 3.86. The Morgan fingerprint density at radius 1 is 1.00 bits per heavy atom. The van der Waals surface area contributed by atoms with Gasteiger partial charge >= 0.3 is 5.97 Å². The number of hydrogen-bond donors (Lipinski definition) is 7. The summed E-state index contributed by atoms with van der Waals surface area (Å²) in [4.78, 5) is 16.0. The molecule has 23 heavy (non-hydrogen) atoms. The van der Waals surface area contributed by atoms with Crippen LogP contribution >= 0.6 is 0 Å². The number of hydrogen-bond acceptors (Lipinski definition) is 11. The second-order valence-electron chi connectivity index (χ2n) is 5.22. The lowest BCUT2D eigenvalue weighted by atomic mass is 10.1. The van der Waals surface area contributed by atoms with Gasteiger partial charge in [0, 0.05) is 6.54 Å². The zero-order valence-electron chi connectivity index (χ0n) is 12.3. The van der Waals surface area contributed by atoms with Gasteiger partial charge in [-0.2, -0.15) is 5.26 Å². The van der Waals surface area contributed by atoms with E-state index in [1.807, 2.05) is 0 Å². The van der Waals surface area contributed by atoms with Gasteiger partial charge in [0.25, 0.3) is 0 Å². The van der Waals surface area contributed by atoms with Crippen molar-refractivity contribution in [2.75, 3.05) is 33.0 Å². The molecule has 0 aromatic rings. The summed E-state index contributed by atoms with van der Waals surface area (Å²) in [6, 6.07) is -1.73. The average molecular weight is 341 g/mol. The molecule has 0 amide bonds. The van der Waals surface area contributed by atoms with Crippen LogP contribution in [0, 0.1) is 0 Å². The molecule has 1 fully saturated rings. The maximum atomic E-state index is 11.3. The minimum atomic E-state index is -1.65. The normalized spacial score (nSPS) is 28.1. The van der Waals surface area contributed by atoms with Gasteiger partial charge in [-0.3, -0.25) is 9.79 Å². The molecule has 0 aromatic heterocycles. The molecule has 0 saturated carbocycles. The topological polar surface area (TPSA) is 180 Å². The van der Waals surface area contributed by atoms with E-state index in [4.69, 9.17) is 9.99 Å². The number of carbonyl (C=O) groups is 1. The lowest BCUT2D eigenvalue weighted by Crippen LogP contribution is -2.54. The summed E-state index contributed by atoms with van der Waals surface area (Å²) in [6.07, 6.45) is -5.91. The fourth-order valence-electron chi connectivity index (χ4n) is 2.49. The summed E-state index contributed by atoms with van der Waals surface area (Å²) >= 11 is 0. The highest BCUT2D eigenvalue weighted by molar-refractivity contribution is 5.75. The molecule has 11 nitrogen and oxygen atoms in total. The van der Waals surface area contributed by atoms with Crippen molar-refractivity contribution in [3.63, 3.8) is 0 Å². The van der Waals surface area contributed by atoms with E-state index in [1.54, 1.807) is 0 Å². The van der Waals surface area contributed by atoms with Crippen LogP contribution in [0.4, 0.5) is 0 Å². The number of carbonyl (C=O) groups excluding carboxylic acids is 1. The first-order valence-corrected chi connectivity index (χ1v) is 7.01. The first-order chi connectivity index (χ1) is 10.9. The maximum Gasteiger partial charge on any atom is 0.373 e. The summed E-state index contributed by atoms with van der Waals surface area (Å²) in [5.74, 6) is -1.28. The highest BCUT2D eigenvalue weighted by Gasteiger charge is 2.48. The second kappa shape index (κ2) is 9.42. The van der Waals surface area contributed by atoms with Crippen molar-refractivity contribution in [3.8, 4) is 0 Å². The van der Waals surface area contributed by atoms with Crippen LogP contribution in [0.1, 0.15) is 0 Å². The van der Waals surface area contributed by atoms with Crippen molar-refractivity contribution in [2.24, 2.45) is 0 Å². The molecule has 0 aliphatic carbocycles. The zero-order chi connectivity index (χ0) is 17.6. The van der Waals surface area contributed by atoms with Crippen molar-refractivity contribution in [1.82, 2.24) is 4.90 Å². The Morgan fingerprint density at radius 2 is 1.48 bits per heavy atom. The molecule has 7 N–H and O–H groups in total. The fraction of sp³-hybridized carbons (Fsp3) is 0.917. The summed E-state index contributed by atoms with van der Waals surface area (Å²) in [6.45, 7) is -2.22. The zero-order valence-corrected chi connectivity index (χ0v) is 12.3. The lowest BCUT2D eigenvalue weighted by molar-refractivity contribution is -0.246.